The van der Waals surface area contributed by atoms with Crippen molar-refractivity contribution in [3.05, 3.63) is 0 Å². The maximum Gasteiger partial charge on any atom is 0.0627 e. The molecule has 4 fully saturated rings. The van der Waals surface area contributed by atoms with Gasteiger partial charge in [0.15, 0.2) is 0 Å². The number of hydrogen-bond donors (Lipinski definition) is 8. The summed E-state index contributed by atoms with van der Waals surface area (Å²) in [5, 5.41) is 71.9. The van der Waals surface area contributed by atoms with Crippen molar-refractivity contribution in [1.82, 2.24) is 9.80 Å². The summed E-state index contributed by atoms with van der Waals surface area (Å²) in [6, 6.07) is 0. The van der Waals surface area contributed by atoms with Crippen LogP contribution in [-0.4, -0.2) is 154 Å². The number of aliphatic hydroxyl groups is 8. The molecular weight excluding hydrogens is 725 g/mol. The minimum absolute atomic E-state index is 0.0312. The molecule has 3 aliphatic carbocycles. The van der Waals surface area contributed by atoms with Crippen LogP contribution in [0.25, 0.3) is 0 Å². The zero-order valence-electron chi connectivity index (χ0n) is 39.1. The summed E-state index contributed by atoms with van der Waals surface area (Å²) in [4.78, 5) is 4.88. The molecule has 344 valence electrons. The van der Waals surface area contributed by atoms with Crippen molar-refractivity contribution in [2.24, 2.45) is 45.3 Å². The van der Waals surface area contributed by atoms with Gasteiger partial charge in [0, 0.05) is 51.4 Å². The summed E-state index contributed by atoms with van der Waals surface area (Å²) in [7, 11) is 0. The predicted molar refractivity (Wildman–Crippen MR) is 234 cm³/mol. The van der Waals surface area contributed by atoms with Gasteiger partial charge in [0.25, 0.3) is 0 Å². The largest absolute Gasteiger partial charge is 0.396 e. The molecular formula is C46H96N2O9. The van der Waals surface area contributed by atoms with Gasteiger partial charge in [-0.15, -0.1) is 0 Å². The molecule has 11 heteroatoms. The Morgan fingerprint density at radius 3 is 1.40 bits per heavy atom. The fraction of sp³-hybridized carbons (Fsp3) is 1.00. The van der Waals surface area contributed by atoms with Gasteiger partial charge in [-0.05, 0) is 125 Å². The Kier molecular flexibility index (Phi) is 28.0. The smallest absolute Gasteiger partial charge is 0.0627 e. The van der Waals surface area contributed by atoms with Crippen LogP contribution in [0.2, 0.25) is 0 Å². The Morgan fingerprint density at radius 1 is 0.632 bits per heavy atom. The molecule has 0 aromatic carbocycles. The molecule has 1 aliphatic heterocycles. The third kappa shape index (κ3) is 28.7. The molecule has 3 saturated carbocycles. The first-order valence-corrected chi connectivity index (χ1v) is 22.5. The highest BCUT2D eigenvalue weighted by Gasteiger charge is 2.42. The Labute approximate surface area is 350 Å². The summed E-state index contributed by atoms with van der Waals surface area (Å²) < 4.78 is 5.51. The summed E-state index contributed by atoms with van der Waals surface area (Å²) in [5.41, 5.74) is 0.582. The molecule has 0 radical (unpaired) electrons. The van der Waals surface area contributed by atoms with Crippen molar-refractivity contribution in [2.45, 2.75) is 172 Å². The highest BCUT2D eigenvalue weighted by Crippen LogP contribution is 2.50. The van der Waals surface area contributed by atoms with Gasteiger partial charge in [0.2, 0.25) is 0 Å². The van der Waals surface area contributed by atoms with Crippen molar-refractivity contribution in [1.29, 1.82) is 0 Å². The van der Waals surface area contributed by atoms with Gasteiger partial charge in [0.1, 0.15) is 0 Å². The number of piperazine rings is 1. The van der Waals surface area contributed by atoms with Crippen LogP contribution >= 0.6 is 0 Å². The van der Waals surface area contributed by atoms with Crippen LogP contribution in [0.4, 0.5) is 0 Å². The third-order valence-corrected chi connectivity index (χ3v) is 11.3. The lowest BCUT2D eigenvalue weighted by Gasteiger charge is -2.35. The average Bonchev–Trinajstić information content (AvgIpc) is 4.03. The van der Waals surface area contributed by atoms with E-state index in [4.69, 9.17) is 35.4 Å². The van der Waals surface area contributed by atoms with Crippen molar-refractivity contribution >= 4 is 0 Å². The van der Waals surface area contributed by atoms with Gasteiger partial charge in [-0.3, -0.25) is 4.90 Å². The number of ether oxygens (including phenoxy) is 1. The van der Waals surface area contributed by atoms with Gasteiger partial charge in [-0.25, -0.2) is 0 Å². The number of β-amino-alcohol motifs (C(OH)–C–C–N with tert-alkyl or cyclic N) is 1. The van der Waals surface area contributed by atoms with Crippen molar-refractivity contribution in [2.75, 3.05) is 78.9 Å². The summed E-state index contributed by atoms with van der Waals surface area (Å²) >= 11 is 0. The second kappa shape index (κ2) is 28.2. The van der Waals surface area contributed by atoms with Crippen LogP contribution in [-0.2, 0) is 4.74 Å². The van der Waals surface area contributed by atoms with Gasteiger partial charge in [-0.1, -0.05) is 69.2 Å². The monoisotopic (exact) mass is 821 g/mol. The van der Waals surface area contributed by atoms with Crippen LogP contribution < -0.4 is 0 Å². The molecule has 4 aliphatic rings. The number of nitrogens with zero attached hydrogens (tertiary/aromatic N) is 2. The molecule has 4 atom stereocenters. The van der Waals surface area contributed by atoms with E-state index in [1.165, 1.54) is 45.1 Å². The van der Waals surface area contributed by atoms with Crippen molar-refractivity contribution < 1.29 is 45.6 Å². The van der Waals surface area contributed by atoms with Crippen molar-refractivity contribution in [3.63, 3.8) is 0 Å². The van der Waals surface area contributed by atoms with Gasteiger partial charge in [-0.2, -0.15) is 0 Å². The van der Waals surface area contributed by atoms with Crippen LogP contribution in [0.15, 0.2) is 0 Å². The lowest BCUT2D eigenvalue weighted by molar-refractivity contribution is -0.0782. The third-order valence-electron chi connectivity index (χ3n) is 11.3. The Morgan fingerprint density at radius 2 is 1.12 bits per heavy atom. The molecule has 11 nitrogen and oxygen atoms in total. The molecule has 0 aromatic heterocycles. The Hall–Kier alpha value is -0.440. The molecule has 2 unspecified atom stereocenters. The molecule has 4 rings (SSSR count). The van der Waals surface area contributed by atoms with Crippen LogP contribution in [0, 0.1) is 45.3 Å². The molecule has 0 bridgehead atoms. The minimum atomic E-state index is -0.686. The fourth-order valence-electron chi connectivity index (χ4n) is 7.83. The van der Waals surface area contributed by atoms with Crippen LogP contribution in [0.3, 0.4) is 0 Å². The first kappa shape index (κ1) is 56.6. The molecule has 57 heavy (non-hydrogen) atoms. The topological polar surface area (TPSA) is 178 Å². The van der Waals surface area contributed by atoms with E-state index in [0.717, 1.165) is 44.6 Å². The van der Waals surface area contributed by atoms with E-state index in [2.05, 4.69) is 65.2 Å². The first-order valence-electron chi connectivity index (χ1n) is 22.5. The standard InChI is InChI=1S/C12H26N2O.C9H18O3.C9H18O.C8H18O3.C8H16O/c1-12(2,3)4-5-13-6-8-14(9-7-13)10-11-15;1-6(2)12-9-4-7(10)3-8(11)5-9;1-9(2,3)5-7-4-8(7)6-10;1-7(2)3-8(4-9,5-10)6-11;1-7(2)5-8(6-9)3-4-8/h15H,4-11H2,1-3H3;6-11H,3-5H2,1-2H3;7-8,10H,4-6H2,1-3H3;7,9-11H,3-6H2,1-2H3;7,9H,3-6H2,1-2H3/t;;7-,8-;;/m..0../s1. The second-order valence-electron chi connectivity index (χ2n) is 21.6. The first-order chi connectivity index (χ1) is 26.4. The number of aliphatic hydroxyl groups excluding tert-OH is 8. The fourth-order valence-corrected chi connectivity index (χ4v) is 7.83. The van der Waals surface area contributed by atoms with Crippen LogP contribution in [0.5, 0.6) is 0 Å². The van der Waals surface area contributed by atoms with Gasteiger partial charge >= 0.3 is 0 Å². The molecule has 0 aromatic rings. The van der Waals surface area contributed by atoms with Crippen LogP contribution in [0.1, 0.15) is 147 Å². The normalized spacial score (nSPS) is 25.0. The maximum atomic E-state index is 9.32. The molecule has 1 heterocycles. The minimum Gasteiger partial charge on any atom is -0.396 e. The van der Waals surface area contributed by atoms with Gasteiger partial charge < -0.3 is 50.5 Å². The zero-order valence-corrected chi connectivity index (χ0v) is 39.1. The quantitative estimate of drug-likeness (QED) is 0.0977. The van der Waals surface area contributed by atoms with E-state index in [1.54, 1.807) is 0 Å². The van der Waals surface area contributed by atoms with E-state index >= 15 is 0 Å². The second-order valence-corrected chi connectivity index (χ2v) is 21.6. The molecule has 1 saturated heterocycles. The van der Waals surface area contributed by atoms with E-state index in [0.29, 0.717) is 73.6 Å². The summed E-state index contributed by atoms with van der Waals surface area (Å²) in [6.07, 6.45) is 9.41. The van der Waals surface area contributed by atoms with E-state index in [1.807, 2.05) is 27.7 Å². The Balaban J connectivity index is 0.000000695. The molecule has 0 spiro atoms. The SMILES string of the molecule is CC(C)(C)CCN1CCN(CCO)CC1.CC(C)(C)C[C@@H]1C[C@H]1CO.CC(C)CC(CO)(CO)CO.CC(C)CC1(CO)CC1.CC(C)OC1CC(O)CC(O)C1. The Bertz CT molecular complexity index is 947. The number of hydrogen-bond acceptors (Lipinski definition) is 11. The number of rotatable bonds is 16. The summed E-state index contributed by atoms with van der Waals surface area (Å²) in [6.45, 7) is 33.3. The molecule has 0 amide bonds. The average molecular weight is 821 g/mol. The van der Waals surface area contributed by atoms with E-state index in [-0.39, 0.29) is 32.0 Å². The van der Waals surface area contributed by atoms with Gasteiger partial charge in [0.05, 0.1) is 50.8 Å². The van der Waals surface area contributed by atoms with Crippen molar-refractivity contribution in [3.8, 4) is 0 Å². The lowest BCUT2D eigenvalue weighted by Crippen LogP contribution is -2.47. The van der Waals surface area contributed by atoms with E-state index < -0.39 is 17.6 Å². The highest BCUT2D eigenvalue weighted by molar-refractivity contribution is 4.92. The predicted octanol–water partition coefficient (Wildman–Crippen LogP) is 5.57. The summed E-state index contributed by atoms with van der Waals surface area (Å²) in [5.74, 6) is 2.59. The lowest BCUT2D eigenvalue weighted by atomic mass is 9.82. The van der Waals surface area contributed by atoms with E-state index in [9.17, 15) is 10.2 Å². The molecule has 8 N–H and O–H groups in total. The highest BCUT2D eigenvalue weighted by atomic mass is 16.5. The maximum absolute atomic E-state index is 9.32. The zero-order chi connectivity index (χ0) is 44.0.